The van der Waals surface area contributed by atoms with Gasteiger partial charge < -0.3 is 14.1 Å². The van der Waals surface area contributed by atoms with Gasteiger partial charge in [0.25, 0.3) is 0 Å². The van der Waals surface area contributed by atoms with Crippen LogP contribution >= 0.6 is 0 Å². The lowest BCUT2D eigenvalue weighted by Crippen LogP contribution is -2.44. The van der Waals surface area contributed by atoms with Crippen LogP contribution in [0.15, 0.2) is 34.7 Å². The first kappa shape index (κ1) is 15.6. The first-order valence-corrected chi connectivity index (χ1v) is 7.64. The summed E-state index contributed by atoms with van der Waals surface area (Å²) in [5.41, 5.74) is 0.887. The summed E-state index contributed by atoms with van der Waals surface area (Å²) in [6, 6.07) is 9.62. The Morgan fingerprint density at radius 3 is 2.70 bits per heavy atom. The Balaban J connectivity index is 1.54. The van der Waals surface area contributed by atoms with Gasteiger partial charge in [0.1, 0.15) is 0 Å². The molecule has 0 N–H and O–H groups in total. The maximum absolute atomic E-state index is 12.2. The average Bonchev–Trinajstić information content (AvgIpc) is 3.04. The summed E-state index contributed by atoms with van der Waals surface area (Å²) < 4.78 is 10.9. The first-order chi connectivity index (χ1) is 11.2. The number of amides is 1. The number of rotatable bonds is 5. The largest absolute Gasteiger partial charge is 0.419 e. The van der Waals surface area contributed by atoms with Crippen molar-refractivity contribution in [2.24, 2.45) is 0 Å². The number of ether oxygens (including phenoxy) is 1. The van der Waals surface area contributed by atoms with Gasteiger partial charge in [0.15, 0.2) is 0 Å². The van der Waals surface area contributed by atoms with Crippen LogP contribution in [0.25, 0.3) is 11.5 Å². The van der Waals surface area contributed by atoms with Crippen molar-refractivity contribution >= 4 is 5.91 Å². The summed E-state index contributed by atoms with van der Waals surface area (Å²) in [5.74, 6) is 1.09. The molecule has 23 heavy (non-hydrogen) atoms. The van der Waals surface area contributed by atoms with E-state index in [1.165, 1.54) is 0 Å². The third kappa shape index (κ3) is 4.14. The van der Waals surface area contributed by atoms with Gasteiger partial charge in [0.05, 0.1) is 26.3 Å². The Hall–Kier alpha value is -2.25. The number of aromatic nitrogens is 2. The van der Waals surface area contributed by atoms with Crippen LogP contribution in [0.5, 0.6) is 0 Å². The van der Waals surface area contributed by atoms with E-state index in [4.69, 9.17) is 9.15 Å². The van der Waals surface area contributed by atoms with Crippen molar-refractivity contribution in [3.63, 3.8) is 0 Å². The number of likely N-dealkylation sites (N-methyl/N-ethyl adjacent to an activating group) is 1. The number of benzene rings is 1. The van der Waals surface area contributed by atoms with Crippen molar-refractivity contribution < 1.29 is 13.9 Å². The summed E-state index contributed by atoms with van der Waals surface area (Å²) in [4.78, 5) is 15.9. The molecule has 1 saturated heterocycles. The standard InChI is InChI=1S/C16H20N4O3/c1-19(12-15(21)20-7-9-22-10-8-20)11-14-17-18-16(23-14)13-5-3-2-4-6-13/h2-6H,7-12H2,1H3. The lowest BCUT2D eigenvalue weighted by molar-refractivity contribution is -0.136. The van der Waals surface area contributed by atoms with E-state index in [-0.39, 0.29) is 5.91 Å². The van der Waals surface area contributed by atoms with Gasteiger partial charge in [-0.1, -0.05) is 18.2 Å². The highest BCUT2D eigenvalue weighted by Crippen LogP contribution is 2.17. The average molecular weight is 316 g/mol. The van der Waals surface area contributed by atoms with Gasteiger partial charge in [0, 0.05) is 18.7 Å². The Labute approximate surface area is 134 Å². The molecule has 1 fully saturated rings. The van der Waals surface area contributed by atoms with E-state index in [9.17, 15) is 4.79 Å². The van der Waals surface area contributed by atoms with Crippen LogP contribution in [0.2, 0.25) is 0 Å². The van der Waals surface area contributed by atoms with Crippen LogP contribution in [0.4, 0.5) is 0 Å². The maximum Gasteiger partial charge on any atom is 0.247 e. The minimum absolute atomic E-state index is 0.0959. The highest BCUT2D eigenvalue weighted by Gasteiger charge is 2.19. The molecule has 0 unspecified atom stereocenters. The minimum atomic E-state index is 0.0959. The van der Waals surface area contributed by atoms with E-state index in [1.54, 1.807) is 0 Å². The third-order valence-corrected chi connectivity index (χ3v) is 3.66. The van der Waals surface area contributed by atoms with E-state index >= 15 is 0 Å². The molecule has 0 spiro atoms. The van der Waals surface area contributed by atoms with Crippen molar-refractivity contribution in [1.82, 2.24) is 20.0 Å². The summed E-state index contributed by atoms with van der Waals surface area (Å²) in [7, 11) is 1.87. The van der Waals surface area contributed by atoms with Gasteiger partial charge in [-0.25, -0.2) is 0 Å². The molecule has 7 heteroatoms. The molecule has 0 bridgehead atoms. The van der Waals surface area contributed by atoms with Gasteiger partial charge in [-0.2, -0.15) is 0 Å². The van der Waals surface area contributed by atoms with Gasteiger partial charge >= 0.3 is 0 Å². The van der Waals surface area contributed by atoms with E-state index in [0.29, 0.717) is 51.2 Å². The summed E-state index contributed by atoms with van der Waals surface area (Å²) in [5, 5.41) is 8.10. The maximum atomic E-state index is 12.2. The molecule has 122 valence electrons. The second-order valence-corrected chi connectivity index (χ2v) is 5.53. The normalized spacial score (nSPS) is 15.1. The second-order valence-electron chi connectivity index (χ2n) is 5.53. The smallest absolute Gasteiger partial charge is 0.247 e. The van der Waals surface area contributed by atoms with E-state index in [1.807, 2.05) is 47.2 Å². The van der Waals surface area contributed by atoms with Crippen molar-refractivity contribution in [1.29, 1.82) is 0 Å². The Morgan fingerprint density at radius 2 is 1.96 bits per heavy atom. The van der Waals surface area contributed by atoms with E-state index < -0.39 is 0 Å². The molecule has 1 aliphatic rings. The molecular weight excluding hydrogens is 296 g/mol. The molecule has 1 aromatic carbocycles. The molecule has 7 nitrogen and oxygen atoms in total. The molecule has 1 amide bonds. The minimum Gasteiger partial charge on any atom is -0.419 e. The fourth-order valence-electron chi connectivity index (χ4n) is 2.45. The summed E-state index contributed by atoms with van der Waals surface area (Å²) in [6.45, 7) is 3.30. The van der Waals surface area contributed by atoms with E-state index in [2.05, 4.69) is 10.2 Å². The molecule has 1 aromatic heterocycles. The Bertz CT molecular complexity index is 638. The van der Waals surface area contributed by atoms with Gasteiger partial charge in [-0.05, 0) is 19.2 Å². The highest BCUT2D eigenvalue weighted by atomic mass is 16.5. The van der Waals surface area contributed by atoms with Crippen LogP contribution in [0.1, 0.15) is 5.89 Å². The molecule has 0 atom stereocenters. The molecule has 2 heterocycles. The summed E-state index contributed by atoms with van der Waals surface area (Å²) in [6.07, 6.45) is 0. The monoisotopic (exact) mass is 316 g/mol. The topological polar surface area (TPSA) is 71.7 Å². The Morgan fingerprint density at radius 1 is 1.22 bits per heavy atom. The highest BCUT2D eigenvalue weighted by molar-refractivity contribution is 5.78. The predicted molar refractivity (Wildman–Crippen MR) is 83.5 cm³/mol. The fraction of sp³-hybridized carbons (Fsp3) is 0.438. The number of carbonyl (C=O) groups excluding carboxylic acids is 1. The first-order valence-electron chi connectivity index (χ1n) is 7.64. The second kappa shape index (κ2) is 7.34. The number of carbonyl (C=O) groups is 1. The molecule has 0 radical (unpaired) electrons. The molecule has 0 saturated carbocycles. The zero-order valence-electron chi connectivity index (χ0n) is 13.1. The van der Waals surface area contributed by atoms with Crippen molar-refractivity contribution in [2.45, 2.75) is 6.54 Å². The quantitative estimate of drug-likeness (QED) is 0.820. The van der Waals surface area contributed by atoms with Crippen molar-refractivity contribution in [3.8, 4) is 11.5 Å². The SMILES string of the molecule is CN(CC(=O)N1CCOCC1)Cc1nnc(-c2ccccc2)o1. The fourth-order valence-corrected chi connectivity index (χ4v) is 2.45. The molecule has 0 aliphatic carbocycles. The van der Waals surface area contributed by atoms with Gasteiger partial charge in [-0.15, -0.1) is 10.2 Å². The zero-order valence-corrected chi connectivity index (χ0v) is 13.1. The lowest BCUT2D eigenvalue weighted by Gasteiger charge is -2.28. The third-order valence-electron chi connectivity index (χ3n) is 3.66. The number of hydrogen-bond donors (Lipinski definition) is 0. The molecular formula is C16H20N4O3. The van der Waals surface area contributed by atoms with Crippen molar-refractivity contribution in [2.75, 3.05) is 39.9 Å². The Kier molecular flexibility index (Phi) is 4.99. The molecule has 1 aliphatic heterocycles. The van der Waals surface area contributed by atoms with Gasteiger partial charge in [-0.3, -0.25) is 9.69 Å². The van der Waals surface area contributed by atoms with Crippen LogP contribution in [0, 0.1) is 0 Å². The zero-order chi connectivity index (χ0) is 16.1. The summed E-state index contributed by atoms with van der Waals surface area (Å²) >= 11 is 0. The number of hydrogen-bond acceptors (Lipinski definition) is 6. The van der Waals surface area contributed by atoms with Crippen LogP contribution in [0.3, 0.4) is 0 Å². The predicted octanol–water partition coefficient (Wildman–Crippen LogP) is 1.03. The van der Waals surface area contributed by atoms with Crippen LogP contribution in [-0.2, 0) is 16.1 Å². The number of nitrogens with zero attached hydrogens (tertiary/aromatic N) is 4. The van der Waals surface area contributed by atoms with E-state index in [0.717, 1.165) is 5.56 Å². The number of morpholine rings is 1. The lowest BCUT2D eigenvalue weighted by atomic mass is 10.2. The van der Waals surface area contributed by atoms with Crippen molar-refractivity contribution in [3.05, 3.63) is 36.2 Å². The van der Waals surface area contributed by atoms with Crippen LogP contribution in [-0.4, -0.2) is 65.8 Å². The van der Waals surface area contributed by atoms with Crippen LogP contribution < -0.4 is 0 Å². The molecule has 3 rings (SSSR count). The van der Waals surface area contributed by atoms with Gasteiger partial charge in [0.2, 0.25) is 17.7 Å². The molecule has 2 aromatic rings.